The lowest BCUT2D eigenvalue weighted by molar-refractivity contribution is 0.00861. The lowest BCUT2D eigenvalue weighted by Gasteiger charge is -2.28. The Labute approximate surface area is 123 Å². The summed E-state index contributed by atoms with van der Waals surface area (Å²) in [5.74, 6) is 1.69. The van der Waals surface area contributed by atoms with Crippen molar-refractivity contribution >= 4 is 5.82 Å². The van der Waals surface area contributed by atoms with Crippen molar-refractivity contribution in [3.63, 3.8) is 0 Å². The van der Waals surface area contributed by atoms with Gasteiger partial charge in [-0.05, 0) is 18.3 Å². The molecule has 0 saturated carbocycles. The maximum atomic E-state index is 5.64. The summed E-state index contributed by atoms with van der Waals surface area (Å²) in [6.45, 7) is 11.7. The van der Waals surface area contributed by atoms with Gasteiger partial charge in [0.2, 0.25) is 0 Å². The third-order valence-electron chi connectivity index (χ3n) is 3.12. The van der Waals surface area contributed by atoms with Crippen molar-refractivity contribution in [2.45, 2.75) is 60.0 Å². The Morgan fingerprint density at radius 2 is 1.90 bits per heavy atom. The zero-order valence-electron chi connectivity index (χ0n) is 13.8. The molecule has 1 unspecified atom stereocenters. The summed E-state index contributed by atoms with van der Waals surface area (Å²) < 4.78 is 5.64. The first-order valence-corrected chi connectivity index (χ1v) is 7.56. The summed E-state index contributed by atoms with van der Waals surface area (Å²) in [6.07, 6.45) is 3.03. The smallest absolute Gasteiger partial charge is 0.160 e. The first-order valence-electron chi connectivity index (χ1n) is 7.56. The van der Waals surface area contributed by atoms with Gasteiger partial charge in [-0.2, -0.15) is 0 Å². The number of hydrogen-bond donors (Lipinski definition) is 1. The van der Waals surface area contributed by atoms with Crippen LogP contribution in [-0.4, -0.2) is 23.6 Å². The van der Waals surface area contributed by atoms with Gasteiger partial charge in [0.25, 0.3) is 0 Å². The van der Waals surface area contributed by atoms with Crippen molar-refractivity contribution < 1.29 is 4.74 Å². The van der Waals surface area contributed by atoms with Gasteiger partial charge in [0, 0.05) is 25.4 Å². The van der Waals surface area contributed by atoms with Crippen molar-refractivity contribution in [1.82, 2.24) is 9.97 Å². The number of anilines is 1. The van der Waals surface area contributed by atoms with Crippen LogP contribution in [0.25, 0.3) is 0 Å². The van der Waals surface area contributed by atoms with Crippen molar-refractivity contribution in [2.75, 3.05) is 19.0 Å². The second kappa shape index (κ2) is 7.58. The zero-order chi connectivity index (χ0) is 15.2. The molecule has 20 heavy (non-hydrogen) atoms. The molecule has 1 aromatic heterocycles. The third-order valence-corrected chi connectivity index (χ3v) is 3.12. The number of rotatable bonds is 7. The van der Waals surface area contributed by atoms with Crippen LogP contribution in [0.2, 0.25) is 0 Å². The topological polar surface area (TPSA) is 47.0 Å². The van der Waals surface area contributed by atoms with E-state index in [0.717, 1.165) is 43.1 Å². The highest BCUT2D eigenvalue weighted by molar-refractivity contribution is 5.36. The molecule has 0 aromatic carbocycles. The number of hydrogen-bond acceptors (Lipinski definition) is 4. The average molecular weight is 279 g/mol. The van der Waals surface area contributed by atoms with Gasteiger partial charge in [-0.3, -0.25) is 0 Å². The van der Waals surface area contributed by atoms with E-state index in [2.05, 4.69) is 51.0 Å². The predicted molar refractivity (Wildman–Crippen MR) is 84.0 cm³/mol. The standard InChI is InChI=1S/C16H29N3O/c1-7-9-12-11-13(17-10-8-2)19-15(18-12)14(20-6)16(3,4)5/h11,14H,7-10H2,1-6H3,(H,17,18,19). The normalized spacial score (nSPS) is 13.3. The van der Waals surface area contributed by atoms with Gasteiger partial charge in [-0.15, -0.1) is 0 Å². The Kier molecular flexibility index (Phi) is 6.40. The molecular formula is C16H29N3O. The van der Waals surface area contributed by atoms with Gasteiger partial charge >= 0.3 is 0 Å². The monoisotopic (exact) mass is 279 g/mol. The molecule has 4 heteroatoms. The molecule has 0 aliphatic carbocycles. The molecule has 4 nitrogen and oxygen atoms in total. The summed E-state index contributed by atoms with van der Waals surface area (Å²) in [5, 5.41) is 3.36. The van der Waals surface area contributed by atoms with E-state index < -0.39 is 0 Å². The van der Waals surface area contributed by atoms with Crippen LogP contribution in [0.15, 0.2) is 6.07 Å². The molecule has 1 atom stereocenters. The Balaban J connectivity index is 3.12. The fourth-order valence-corrected chi connectivity index (χ4v) is 2.21. The molecular weight excluding hydrogens is 250 g/mol. The fraction of sp³-hybridized carbons (Fsp3) is 0.750. The SMILES string of the molecule is CCCNc1cc(CCC)nc(C(OC)C(C)(C)C)n1. The van der Waals surface area contributed by atoms with Crippen molar-refractivity contribution in [3.8, 4) is 0 Å². The van der Waals surface area contributed by atoms with Crippen LogP contribution in [0, 0.1) is 5.41 Å². The molecule has 1 rings (SSSR count). The second-order valence-corrected chi connectivity index (χ2v) is 6.26. The van der Waals surface area contributed by atoms with Crippen LogP contribution >= 0.6 is 0 Å². The van der Waals surface area contributed by atoms with E-state index in [4.69, 9.17) is 9.72 Å². The van der Waals surface area contributed by atoms with E-state index in [1.54, 1.807) is 7.11 Å². The summed E-state index contributed by atoms with van der Waals surface area (Å²) in [7, 11) is 1.73. The molecule has 0 spiro atoms. The Hall–Kier alpha value is -1.16. The number of aromatic nitrogens is 2. The van der Waals surface area contributed by atoms with Crippen molar-refractivity contribution in [1.29, 1.82) is 0 Å². The summed E-state index contributed by atoms with van der Waals surface area (Å²) in [4.78, 5) is 9.34. The van der Waals surface area contributed by atoms with Gasteiger partial charge in [-0.1, -0.05) is 41.0 Å². The highest BCUT2D eigenvalue weighted by Gasteiger charge is 2.29. The largest absolute Gasteiger partial charge is 0.373 e. The first kappa shape index (κ1) is 16.9. The Morgan fingerprint density at radius 3 is 2.40 bits per heavy atom. The van der Waals surface area contributed by atoms with Gasteiger partial charge in [0.1, 0.15) is 11.9 Å². The van der Waals surface area contributed by atoms with Crippen LogP contribution < -0.4 is 5.32 Å². The molecule has 0 aliphatic heterocycles. The molecule has 1 aromatic rings. The third kappa shape index (κ3) is 4.75. The van der Waals surface area contributed by atoms with Gasteiger partial charge in [-0.25, -0.2) is 9.97 Å². The van der Waals surface area contributed by atoms with Gasteiger partial charge < -0.3 is 10.1 Å². The number of aryl methyl sites for hydroxylation is 1. The second-order valence-electron chi connectivity index (χ2n) is 6.26. The molecule has 114 valence electrons. The molecule has 0 radical (unpaired) electrons. The van der Waals surface area contributed by atoms with E-state index in [1.807, 2.05) is 0 Å². The lowest BCUT2D eigenvalue weighted by atomic mass is 9.88. The highest BCUT2D eigenvalue weighted by atomic mass is 16.5. The minimum atomic E-state index is -0.0958. The van der Waals surface area contributed by atoms with Crippen LogP contribution in [-0.2, 0) is 11.2 Å². The van der Waals surface area contributed by atoms with E-state index in [-0.39, 0.29) is 11.5 Å². The van der Waals surface area contributed by atoms with E-state index in [9.17, 15) is 0 Å². The first-order chi connectivity index (χ1) is 9.42. The number of nitrogens with one attached hydrogen (secondary N) is 1. The van der Waals surface area contributed by atoms with Crippen LogP contribution in [0.5, 0.6) is 0 Å². The Morgan fingerprint density at radius 1 is 1.20 bits per heavy atom. The zero-order valence-corrected chi connectivity index (χ0v) is 13.8. The number of ether oxygens (including phenoxy) is 1. The molecule has 0 aliphatic rings. The van der Waals surface area contributed by atoms with Crippen molar-refractivity contribution in [2.24, 2.45) is 5.41 Å². The quantitative estimate of drug-likeness (QED) is 0.820. The van der Waals surface area contributed by atoms with E-state index >= 15 is 0 Å². The minimum Gasteiger partial charge on any atom is -0.373 e. The summed E-state index contributed by atoms with van der Waals surface area (Å²) in [6, 6.07) is 2.05. The molecule has 1 heterocycles. The van der Waals surface area contributed by atoms with E-state index in [1.165, 1.54) is 0 Å². The van der Waals surface area contributed by atoms with Gasteiger partial charge in [0.05, 0.1) is 0 Å². The summed E-state index contributed by atoms with van der Waals surface area (Å²) in [5.41, 5.74) is 1.06. The van der Waals surface area contributed by atoms with Crippen molar-refractivity contribution in [3.05, 3.63) is 17.6 Å². The lowest BCUT2D eigenvalue weighted by Crippen LogP contribution is -2.23. The average Bonchev–Trinajstić information content (AvgIpc) is 2.35. The number of nitrogens with zero attached hydrogens (tertiary/aromatic N) is 2. The molecule has 0 bridgehead atoms. The van der Waals surface area contributed by atoms with Crippen LogP contribution in [0.4, 0.5) is 5.82 Å². The predicted octanol–water partition coefficient (Wildman–Crippen LogP) is 3.98. The van der Waals surface area contributed by atoms with E-state index in [0.29, 0.717) is 0 Å². The minimum absolute atomic E-state index is 0.0262. The highest BCUT2D eigenvalue weighted by Crippen LogP contribution is 2.34. The van der Waals surface area contributed by atoms with Crippen LogP contribution in [0.1, 0.15) is 65.1 Å². The fourth-order valence-electron chi connectivity index (χ4n) is 2.21. The van der Waals surface area contributed by atoms with Gasteiger partial charge in [0.15, 0.2) is 5.82 Å². The summed E-state index contributed by atoms with van der Waals surface area (Å²) >= 11 is 0. The van der Waals surface area contributed by atoms with Crippen LogP contribution in [0.3, 0.4) is 0 Å². The Bertz CT molecular complexity index is 413. The maximum Gasteiger partial charge on any atom is 0.160 e. The maximum absolute atomic E-state index is 5.64. The molecule has 1 N–H and O–H groups in total. The molecule has 0 fully saturated rings. The molecule has 0 saturated heterocycles. The molecule has 0 amide bonds. The number of methoxy groups -OCH3 is 1.